The largest absolute Gasteiger partial charge is 0.497 e. The van der Waals surface area contributed by atoms with Crippen molar-refractivity contribution in [2.24, 2.45) is 0 Å². The number of hydroxylamine groups is 2. The molecule has 0 bridgehead atoms. The highest BCUT2D eigenvalue weighted by Crippen LogP contribution is 2.32. The molecule has 0 saturated carbocycles. The maximum Gasteiger partial charge on any atom is 0.343 e. The Morgan fingerprint density at radius 1 is 1.10 bits per heavy atom. The third kappa shape index (κ3) is 4.41. The molecule has 2 aromatic carbocycles. The lowest BCUT2D eigenvalue weighted by atomic mass is 9.93. The summed E-state index contributed by atoms with van der Waals surface area (Å²) in [6.07, 6.45) is 1.62. The summed E-state index contributed by atoms with van der Waals surface area (Å²) in [6, 6.07) is 18.1. The average molecular weight is 421 g/mol. The van der Waals surface area contributed by atoms with E-state index in [4.69, 9.17) is 9.84 Å². The molecule has 1 fully saturated rings. The van der Waals surface area contributed by atoms with Gasteiger partial charge in [-0.2, -0.15) is 5.10 Å². The molecule has 0 unspecified atom stereocenters. The van der Waals surface area contributed by atoms with Crippen LogP contribution in [-0.4, -0.2) is 58.2 Å². The first-order chi connectivity index (χ1) is 15.0. The highest BCUT2D eigenvalue weighted by atomic mass is 16.5. The number of benzene rings is 2. The third-order valence-corrected chi connectivity index (χ3v) is 5.85. The van der Waals surface area contributed by atoms with Crippen LogP contribution >= 0.6 is 0 Å². The van der Waals surface area contributed by atoms with Crippen molar-refractivity contribution in [3.05, 3.63) is 65.9 Å². The molecule has 7 nitrogen and oxygen atoms in total. The van der Waals surface area contributed by atoms with Crippen LogP contribution in [0.1, 0.15) is 30.0 Å². The molecular weight excluding hydrogens is 392 g/mol. The second kappa shape index (κ2) is 8.81. The first-order valence-corrected chi connectivity index (χ1v) is 10.5. The fourth-order valence-corrected chi connectivity index (χ4v) is 4.02. The summed E-state index contributed by atoms with van der Waals surface area (Å²) >= 11 is 0. The number of piperidine rings is 1. The Balaban J connectivity index is 1.65. The van der Waals surface area contributed by atoms with Gasteiger partial charge in [-0.1, -0.05) is 29.8 Å². The van der Waals surface area contributed by atoms with Crippen molar-refractivity contribution in [3.63, 3.8) is 0 Å². The quantitative estimate of drug-likeness (QED) is 0.499. The second-order valence-corrected chi connectivity index (χ2v) is 8.00. The SMILES string of the molecule is COc1ccc(-n2nc(C3CCN(C(=O)N(C)O)CC3)cc2-c2ccc(C)cc2)cc1. The van der Waals surface area contributed by atoms with Crippen molar-refractivity contribution < 1.29 is 14.7 Å². The Bertz CT molecular complexity index is 1030. The lowest BCUT2D eigenvalue weighted by molar-refractivity contribution is -0.0356. The van der Waals surface area contributed by atoms with Gasteiger partial charge in [0.15, 0.2) is 0 Å². The molecular formula is C24H28N4O3. The van der Waals surface area contributed by atoms with E-state index in [9.17, 15) is 10.0 Å². The molecule has 1 saturated heterocycles. The number of methoxy groups -OCH3 is 1. The minimum Gasteiger partial charge on any atom is -0.497 e. The number of aryl methyl sites for hydroxylation is 1. The first-order valence-electron chi connectivity index (χ1n) is 10.5. The number of carbonyl (C=O) groups excluding carboxylic acids is 1. The molecule has 0 radical (unpaired) electrons. The summed E-state index contributed by atoms with van der Waals surface area (Å²) in [5.41, 5.74) is 5.35. The van der Waals surface area contributed by atoms with E-state index >= 15 is 0 Å². The van der Waals surface area contributed by atoms with Crippen LogP contribution in [-0.2, 0) is 0 Å². The molecule has 0 aliphatic carbocycles. The van der Waals surface area contributed by atoms with Crippen molar-refractivity contribution in [2.75, 3.05) is 27.2 Å². The number of hydrogen-bond donors (Lipinski definition) is 1. The maximum absolute atomic E-state index is 12.0. The van der Waals surface area contributed by atoms with E-state index in [0.717, 1.165) is 41.2 Å². The smallest absolute Gasteiger partial charge is 0.343 e. The molecule has 2 amide bonds. The van der Waals surface area contributed by atoms with E-state index in [0.29, 0.717) is 18.2 Å². The van der Waals surface area contributed by atoms with E-state index in [1.54, 1.807) is 12.0 Å². The molecule has 4 rings (SSSR count). The monoisotopic (exact) mass is 420 g/mol. The molecule has 162 valence electrons. The fraction of sp³-hybridized carbons (Fsp3) is 0.333. The zero-order valence-electron chi connectivity index (χ0n) is 18.2. The Morgan fingerprint density at radius 2 is 1.74 bits per heavy atom. The summed E-state index contributed by atoms with van der Waals surface area (Å²) in [5, 5.41) is 15.0. The normalized spacial score (nSPS) is 14.5. The predicted octanol–water partition coefficient (Wildman–Crippen LogP) is 4.48. The zero-order valence-corrected chi connectivity index (χ0v) is 18.2. The van der Waals surface area contributed by atoms with Crippen LogP contribution in [0.4, 0.5) is 4.79 Å². The van der Waals surface area contributed by atoms with Crippen LogP contribution in [0.25, 0.3) is 16.9 Å². The Hall–Kier alpha value is -3.32. The highest BCUT2D eigenvalue weighted by Gasteiger charge is 2.27. The number of rotatable bonds is 4. The minimum absolute atomic E-state index is 0.261. The van der Waals surface area contributed by atoms with Crippen LogP contribution in [0.2, 0.25) is 0 Å². The Kier molecular flexibility index (Phi) is 5.95. The average Bonchev–Trinajstić information content (AvgIpc) is 3.24. The summed E-state index contributed by atoms with van der Waals surface area (Å²) in [7, 11) is 3.02. The van der Waals surface area contributed by atoms with E-state index in [-0.39, 0.29) is 11.9 Å². The molecule has 1 aliphatic rings. The van der Waals surface area contributed by atoms with Crippen LogP contribution in [0, 0.1) is 6.92 Å². The molecule has 1 aromatic heterocycles. The second-order valence-electron chi connectivity index (χ2n) is 8.00. The van der Waals surface area contributed by atoms with E-state index in [1.807, 2.05) is 28.9 Å². The van der Waals surface area contributed by atoms with Crippen LogP contribution in [0.3, 0.4) is 0 Å². The van der Waals surface area contributed by atoms with E-state index in [1.165, 1.54) is 12.6 Å². The number of ether oxygens (including phenoxy) is 1. The number of likely N-dealkylation sites (tertiary alicyclic amines) is 1. The summed E-state index contributed by atoms with van der Waals surface area (Å²) in [5.74, 6) is 1.07. The standard InChI is InChI=1S/C24H28N4O3/c1-17-4-6-19(7-5-17)23-16-22(18-12-14-27(15-13-18)24(29)26(2)30)25-28(23)20-8-10-21(31-3)11-9-20/h4-11,16,18,30H,12-15H2,1-3H3. The van der Waals surface area contributed by atoms with Crippen molar-refractivity contribution in [2.45, 2.75) is 25.7 Å². The lowest BCUT2D eigenvalue weighted by Crippen LogP contribution is -2.43. The first kappa shape index (κ1) is 20.9. The van der Waals surface area contributed by atoms with Crippen LogP contribution in [0.15, 0.2) is 54.6 Å². The van der Waals surface area contributed by atoms with Crippen molar-refractivity contribution in [3.8, 4) is 22.7 Å². The predicted molar refractivity (Wildman–Crippen MR) is 119 cm³/mol. The number of hydrogen-bond acceptors (Lipinski definition) is 4. The van der Waals surface area contributed by atoms with E-state index < -0.39 is 0 Å². The number of nitrogens with zero attached hydrogens (tertiary/aromatic N) is 4. The minimum atomic E-state index is -0.359. The Labute approximate surface area is 182 Å². The molecule has 0 atom stereocenters. The number of carbonyl (C=O) groups is 1. The van der Waals surface area contributed by atoms with Crippen LogP contribution in [0.5, 0.6) is 5.75 Å². The van der Waals surface area contributed by atoms with Crippen molar-refractivity contribution >= 4 is 6.03 Å². The van der Waals surface area contributed by atoms with Gasteiger partial charge in [-0.3, -0.25) is 5.21 Å². The highest BCUT2D eigenvalue weighted by molar-refractivity contribution is 5.73. The molecule has 7 heteroatoms. The summed E-state index contributed by atoms with van der Waals surface area (Å²) < 4.78 is 7.28. The van der Waals surface area contributed by atoms with Gasteiger partial charge < -0.3 is 9.64 Å². The molecule has 0 spiro atoms. The number of aromatic nitrogens is 2. The molecule has 2 heterocycles. The molecule has 1 aliphatic heterocycles. The number of amides is 2. The van der Waals surface area contributed by atoms with E-state index in [2.05, 4.69) is 37.3 Å². The van der Waals surface area contributed by atoms with Crippen molar-refractivity contribution in [1.29, 1.82) is 0 Å². The summed E-state index contributed by atoms with van der Waals surface area (Å²) in [6.45, 7) is 3.28. The van der Waals surface area contributed by atoms with Gasteiger partial charge >= 0.3 is 6.03 Å². The van der Waals surface area contributed by atoms with Gasteiger partial charge in [-0.15, -0.1) is 0 Å². The van der Waals surface area contributed by atoms with Crippen molar-refractivity contribution in [1.82, 2.24) is 19.7 Å². The van der Waals surface area contributed by atoms with Gasteiger partial charge in [-0.25, -0.2) is 14.5 Å². The lowest BCUT2D eigenvalue weighted by Gasteiger charge is -2.32. The zero-order chi connectivity index (χ0) is 22.0. The van der Waals surface area contributed by atoms with Gasteiger partial charge in [-0.05, 0) is 50.1 Å². The number of urea groups is 1. The molecule has 31 heavy (non-hydrogen) atoms. The maximum atomic E-state index is 12.0. The Morgan fingerprint density at radius 3 is 2.32 bits per heavy atom. The summed E-state index contributed by atoms with van der Waals surface area (Å²) in [4.78, 5) is 13.7. The third-order valence-electron chi connectivity index (χ3n) is 5.85. The van der Waals surface area contributed by atoms with Gasteiger partial charge in [0, 0.05) is 31.6 Å². The fourth-order valence-electron chi connectivity index (χ4n) is 4.02. The molecule has 1 N–H and O–H groups in total. The molecule has 3 aromatic rings. The van der Waals surface area contributed by atoms with Gasteiger partial charge in [0.2, 0.25) is 0 Å². The topological polar surface area (TPSA) is 70.8 Å². The van der Waals surface area contributed by atoms with Crippen LogP contribution < -0.4 is 4.74 Å². The van der Waals surface area contributed by atoms with Gasteiger partial charge in [0.1, 0.15) is 5.75 Å². The van der Waals surface area contributed by atoms with Gasteiger partial charge in [0.25, 0.3) is 0 Å². The van der Waals surface area contributed by atoms with Gasteiger partial charge in [0.05, 0.1) is 24.2 Å².